The predicted molar refractivity (Wildman–Crippen MR) is 110 cm³/mol. The van der Waals surface area contributed by atoms with Gasteiger partial charge in [0.1, 0.15) is 5.82 Å². The van der Waals surface area contributed by atoms with Gasteiger partial charge in [-0.05, 0) is 63.1 Å². The van der Waals surface area contributed by atoms with Gasteiger partial charge in [-0.15, -0.1) is 0 Å². The second-order valence-corrected chi connectivity index (χ2v) is 7.22. The summed E-state index contributed by atoms with van der Waals surface area (Å²) in [6.45, 7) is 6.67. The fourth-order valence-corrected chi connectivity index (χ4v) is 3.16. The van der Waals surface area contributed by atoms with Crippen LogP contribution in [0.4, 0.5) is 10.1 Å². The highest BCUT2D eigenvalue weighted by Gasteiger charge is 2.13. The van der Waals surface area contributed by atoms with Crippen LogP contribution in [0.15, 0.2) is 36.4 Å². The van der Waals surface area contributed by atoms with Crippen molar-refractivity contribution in [3.05, 3.63) is 64.5 Å². The van der Waals surface area contributed by atoms with Crippen molar-refractivity contribution < 1.29 is 14.0 Å². The van der Waals surface area contributed by atoms with E-state index in [9.17, 15) is 14.0 Å². The van der Waals surface area contributed by atoms with Gasteiger partial charge in [0.05, 0.1) is 13.1 Å². The van der Waals surface area contributed by atoms with E-state index in [-0.39, 0.29) is 30.7 Å². The summed E-state index contributed by atoms with van der Waals surface area (Å²) in [6, 6.07) is 10.3. The predicted octanol–water partition coefficient (Wildman–Crippen LogP) is 2.98. The van der Waals surface area contributed by atoms with E-state index < -0.39 is 0 Å². The van der Waals surface area contributed by atoms with Crippen molar-refractivity contribution in [3.8, 4) is 0 Å². The van der Waals surface area contributed by atoms with Gasteiger partial charge in [-0.2, -0.15) is 0 Å². The molecule has 2 aromatic carbocycles. The Morgan fingerprint density at radius 2 is 1.54 bits per heavy atom. The summed E-state index contributed by atoms with van der Waals surface area (Å²) in [5.41, 5.74) is 4.98. The van der Waals surface area contributed by atoms with E-state index in [4.69, 9.17) is 0 Å². The van der Waals surface area contributed by atoms with Crippen molar-refractivity contribution in [3.63, 3.8) is 0 Å². The molecule has 0 aromatic heterocycles. The van der Waals surface area contributed by atoms with Crippen LogP contribution in [0.3, 0.4) is 0 Å². The molecule has 6 heteroatoms. The van der Waals surface area contributed by atoms with Gasteiger partial charge in [-0.1, -0.05) is 29.8 Å². The average Bonchev–Trinajstić information content (AvgIpc) is 2.59. The van der Waals surface area contributed by atoms with Gasteiger partial charge >= 0.3 is 0 Å². The molecule has 0 bridgehead atoms. The van der Waals surface area contributed by atoms with E-state index in [0.29, 0.717) is 13.0 Å². The molecule has 5 nitrogen and oxygen atoms in total. The quantitative estimate of drug-likeness (QED) is 0.734. The molecule has 2 rings (SSSR count). The Morgan fingerprint density at radius 3 is 2.14 bits per heavy atom. The highest BCUT2D eigenvalue weighted by Crippen LogP contribution is 2.21. The van der Waals surface area contributed by atoms with Crippen LogP contribution < -0.4 is 10.6 Å². The highest BCUT2D eigenvalue weighted by molar-refractivity contribution is 5.94. The zero-order chi connectivity index (χ0) is 20.7. The molecular weight excluding hydrogens is 357 g/mol. The van der Waals surface area contributed by atoms with Gasteiger partial charge in [-0.3, -0.25) is 14.5 Å². The Labute approximate surface area is 165 Å². The number of carbonyl (C=O) groups is 2. The molecule has 0 heterocycles. The number of carbonyl (C=O) groups excluding carboxylic acids is 2. The second kappa shape index (κ2) is 9.99. The SMILES string of the molecule is Cc1cc(C)c(NC(=O)CN(C)CC(=O)NCCc2ccc(F)cc2)c(C)c1. The molecule has 0 aliphatic rings. The first-order valence-corrected chi connectivity index (χ1v) is 9.32. The molecule has 0 fully saturated rings. The van der Waals surface area contributed by atoms with Crippen LogP contribution >= 0.6 is 0 Å². The normalized spacial score (nSPS) is 10.8. The van der Waals surface area contributed by atoms with Crippen molar-refractivity contribution in [2.75, 3.05) is 32.0 Å². The fraction of sp³-hybridized carbons (Fsp3) is 0.364. The first kappa shape index (κ1) is 21.6. The third-order valence-corrected chi connectivity index (χ3v) is 4.42. The third-order valence-electron chi connectivity index (χ3n) is 4.42. The number of nitrogens with zero attached hydrogens (tertiary/aromatic N) is 1. The molecule has 2 aromatic rings. The number of likely N-dealkylation sites (N-methyl/N-ethyl adjacent to an activating group) is 1. The number of benzene rings is 2. The van der Waals surface area contributed by atoms with Gasteiger partial charge in [0.25, 0.3) is 0 Å². The molecule has 0 spiro atoms. The summed E-state index contributed by atoms with van der Waals surface area (Å²) < 4.78 is 12.9. The summed E-state index contributed by atoms with van der Waals surface area (Å²) >= 11 is 0. The Bertz CT molecular complexity index is 811. The molecule has 28 heavy (non-hydrogen) atoms. The zero-order valence-electron chi connectivity index (χ0n) is 16.9. The number of nitrogens with one attached hydrogen (secondary N) is 2. The molecule has 0 saturated heterocycles. The molecule has 0 atom stereocenters. The maximum atomic E-state index is 12.9. The summed E-state index contributed by atoms with van der Waals surface area (Å²) in [6.07, 6.45) is 0.627. The molecule has 0 aliphatic heterocycles. The molecule has 0 unspecified atom stereocenters. The summed E-state index contributed by atoms with van der Waals surface area (Å²) in [5.74, 6) is -0.583. The van der Waals surface area contributed by atoms with Crippen LogP contribution in [-0.4, -0.2) is 43.4 Å². The van der Waals surface area contributed by atoms with Crippen molar-refractivity contribution >= 4 is 17.5 Å². The lowest BCUT2D eigenvalue weighted by Gasteiger charge is -2.18. The Kier molecular flexibility index (Phi) is 7.70. The average molecular weight is 385 g/mol. The van der Waals surface area contributed by atoms with Gasteiger partial charge in [0, 0.05) is 12.2 Å². The molecule has 0 aliphatic carbocycles. The lowest BCUT2D eigenvalue weighted by atomic mass is 10.1. The minimum atomic E-state index is -0.274. The van der Waals surface area contributed by atoms with Crippen LogP contribution in [0.1, 0.15) is 22.3 Å². The molecular formula is C22H28FN3O2. The molecule has 2 N–H and O–H groups in total. The number of halogens is 1. The number of aryl methyl sites for hydroxylation is 3. The Hall–Kier alpha value is -2.73. The minimum Gasteiger partial charge on any atom is -0.355 e. The van der Waals surface area contributed by atoms with E-state index in [1.807, 2.05) is 32.9 Å². The molecule has 2 amide bonds. The number of anilines is 1. The van der Waals surface area contributed by atoms with Gasteiger partial charge in [-0.25, -0.2) is 4.39 Å². The van der Waals surface area contributed by atoms with Gasteiger partial charge in [0.15, 0.2) is 0 Å². The summed E-state index contributed by atoms with van der Waals surface area (Å²) in [5, 5.41) is 5.75. The van der Waals surface area contributed by atoms with E-state index in [0.717, 1.165) is 27.9 Å². The van der Waals surface area contributed by atoms with Crippen LogP contribution in [0.2, 0.25) is 0 Å². The topological polar surface area (TPSA) is 61.4 Å². The van der Waals surface area contributed by atoms with Crippen LogP contribution in [0.25, 0.3) is 0 Å². The number of hydrogen-bond acceptors (Lipinski definition) is 3. The second-order valence-electron chi connectivity index (χ2n) is 7.22. The summed E-state index contributed by atoms with van der Waals surface area (Å²) in [7, 11) is 1.73. The molecule has 0 saturated carbocycles. The first-order valence-electron chi connectivity index (χ1n) is 9.32. The third kappa shape index (κ3) is 6.78. The van der Waals surface area contributed by atoms with Crippen LogP contribution in [0.5, 0.6) is 0 Å². The fourth-order valence-electron chi connectivity index (χ4n) is 3.16. The monoisotopic (exact) mass is 385 g/mol. The van der Waals surface area contributed by atoms with E-state index in [2.05, 4.69) is 10.6 Å². The van der Waals surface area contributed by atoms with E-state index in [1.54, 1.807) is 24.1 Å². The minimum absolute atomic E-state index is 0.123. The largest absolute Gasteiger partial charge is 0.355 e. The highest BCUT2D eigenvalue weighted by atomic mass is 19.1. The summed E-state index contributed by atoms with van der Waals surface area (Å²) in [4.78, 5) is 26.0. The van der Waals surface area contributed by atoms with Crippen molar-refractivity contribution in [1.82, 2.24) is 10.2 Å². The standard InChI is InChI=1S/C22H28FN3O2/c1-15-11-16(2)22(17(3)12-15)25-21(28)14-26(4)13-20(27)24-10-9-18-5-7-19(23)8-6-18/h5-8,11-12H,9-10,13-14H2,1-4H3,(H,24,27)(H,25,28). The smallest absolute Gasteiger partial charge is 0.238 e. The Morgan fingerprint density at radius 1 is 0.964 bits per heavy atom. The maximum absolute atomic E-state index is 12.9. The lowest BCUT2D eigenvalue weighted by molar-refractivity contribution is -0.122. The molecule has 150 valence electrons. The van der Waals surface area contributed by atoms with Gasteiger partial charge in [0.2, 0.25) is 11.8 Å². The zero-order valence-corrected chi connectivity index (χ0v) is 16.9. The number of rotatable bonds is 8. The Balaban J connectivity index is 1.75. The maximum Gasteiger partial charge on any atom is 0.238 e. The van der Waals surface area contributed by atoms with Crippen molar-refractivity contribution in [2.24, 2.45) is 0 Å². The van der Waals surface area contributed by atoms with E-state index in [1.165, 1.54) is 12.1 Å². The number of amides is 2. The molecule has 0 radical (unpaired) electrons. The first-order chi connectivity index (χ1) is 13.2. The van der Waals surface area contributed by atoms with Crippen molar-refractivity contribution in [1.29, 1.82) is 0 Å². The van der Waals surface area contributed by atoms with Crippen LogP contribution in [-0.2, 0) is 16.0 Å². The van der Waals surface area contributed by atoms with Crippen molar-refractivity contribution in [2.45, 2.75) is 27.2 Å². The van der Waals surface area contributed by atoms with E-state index >= 15 is 0 Å². The lowest BCUT2D eigenvalue weighted by Crippen LogP contribution is -2.39. The van der Waals surface area contributed by atoms with Gasteiger partial charge < -0.3 is 10.6 Å². The van der Waals surface area contributed by atoms with Crippen LogP contribution in [0, 0.1) is 26.6 Å². The number of hydrogen-bond donors (Lipinski definition) is 2.